The van der Waals surface area contributed by atoms with E-state index in [1.165, 1.54) is 30.4 Å². The van der Waals surface area contributed by atoms with E-state index in [2.05, 4.69) is 10.4 Å². The van der Waals surface area contributed by atoms with Crippen molar-refractivity contribution >= 4 is 29.0 Å². The molecule has 8 heteroatoms. The van der Waals surface area contributed by atoms with Crippen LogP contribution in [0.5, 0.6) is 0 Å². The smallest absolute Gasteiger partial charge is 0.346 e. The summed E-state index contributed by atoms with van der Waals surface area (Å²) in [4.78, 5) is 25.7. The van der Waals surface area contributed by atoms with Gasteiger partial charge >= 0.3 is 5.69 Å². The Labute approximate surface area is 161 Å². The van der Waals surface area contributed by atoms with Crippen molar-refractivity contribution in [2.24, 2.45) is 0 Å². The van der Waals surface area contributed by atoms with E-state index in [0.717, 1.165) is 23.5 Å². The number of nitrogens with zero attached hydrogens (tertiary/aromatic N) is 3. The van der Waals surface area contributed by atoms with Gasteiger partial charge in [-0.2, -0.15) is 0 Å². The van der Waals surface area contributed by atoms with Gasteiger partial charge in [-0.3, -0.25) is 9.36 Å². The van der Waals surface area contributed by atoms with Gasteiger partial charge in [0.2, 0.25) is 5.91 Å². The second kappa shape index (κ2) is 8.00. The van der Waals surface area contributed by atoms with Crippen LogP contribution in [0.3, 0.4) is 0 Å². The van der Waals surface area contributed by atoms with Gasteiger partial charge in [0, 0.05) is 17.8 Å². The molecule has 0 aliphatic heterocycles. The number of nitrogens with one attached hydrogen (secondary N) is 1. The fourth-order valence-corrected chi connectivity index (χ4v) is 5.26. The van der Waals surface area contributed by atoms with Gasteiger partial charge in [-0.25, -0.2) is 9.48 Å². The third-order valence-corrected chi connectivity index (χ3v) is 7.16. The first kappa shape index (κ1) is 17.9. The van der Waals surface area contributed by atoms with Crippen molar-refractivity contribution in [3.63, 3.8) is 0 Å². The van der Waals surface area contributed by atoms with Crippen LogP contribution in [-0.2, 0) is 11.3 Å². The highest BCUT2D eigenvalue weighted by atomic mass is 32.2. The normalized spacial score (nSPS) is 17.7. The maximum absolute atomic E-state index is 12.7. The molecule has 0 bridgehead atoms. The van der Waals surface area contributed by atoms with E-state index in [1.807, 2.05) is 22.1 Å². The third kappa shape index (κ3) is 4.06. The topological polar surface area (TPSA) is 68.9 Å². The summed E-state index contributed by atoms with van der Waals surface area (Å²) in [6, 6.07) is 4.26. The molecule has 2 aliphatic carbocycles. The molecule has 2 aliphatic rings. The fourth-order valence-electron chi connectivity index (χ4n) is 3.40. The molecule has 0 saturated heterocycles. The summed E-state index contributed by atoms with van der Waals surface area (Å²) in [6.07, 6.45) is 7.13. The first-order chi connectivity index (χ1) is 12.7. The zero-order chi connectivity index (χ0) is 17.9. The van der Waals surface area contributed by atoms with Crippen LogP contribution in [0, 0.1) is 0 Å². The van der Waals surface area contributed by atoms with Crippen molar-refractivity contribution in [2.45, 2.75) is 56.4 Å². The van der Waals surface area contributed by atoms with Crippen molar-refractivity contribution in [3.8, 4) is 10.7 Å². The minimum absolute atomic E-state index is 0.0510. The lowest BCUT2D eigenvalue weighted by Crippen LogP contribution is -2.33. The number of hydrogen-bond acceptors (Lipinski definition) is 5. The summed E-state index contributed by atoms with van der Waals surface area (Å²) in [5, 5.41) is 10.1. The highest BCUT2D eigenvalue weighted by Crippen LogP contribution is 2.37. The number of aromatic nitrogens is 3. The van der Waals surface area contributed by atoms with Crippen LogP contribution in [-0.4, -0.2) is 37.8 Å². The number of thioether (sulfide) groups is 1. The molecule has 0 atom stereocenters. The molecule has 4 rings (SSSR count). The molecule has 0 unspecified atom stereocenters. The molecule has 1 amide bonds. The molecule has 2 aromatic heterocycles. The first-order valence-electron chi connectivity index (χ1n) is 9.34. The SMILES string of the molecule is O=C(CSC1CCCC1)NCCn1nc(-c2cccs2)n(C2CC2)c1=O. The lowest BCUT2D eigenvalue weighted by Gasteiger charge is -2.08. The van der Waals surface area contributed by atoms with Gasteiger partial charge in [-0.1, -0.05) is 18.9 Å². The zero-order valence-electron chi connectivity index (χ0n) is 14.7. The van der Waals surface area contributed by atoms with Crippen molar-refractivity contribution in [1.29, 1.82) is 0 Å². The fraction of sp³-hybridized carbons (Fsp3) is 0.611. The zero-order valence-corrected chi connectivity index (χ0v) is 16.4. The van der Waals surface area contributed by atoms with Crippen LogP contribution in [0.25, 0.3) is 10.7 Å². The average molecular weight is 393 g/mol. The molecule has 140 valence electrons. The maximum atomic E-state index is 12.7. The van der Waals surface area contributed by atoms with E-state index < -0.39 is 0 Å². The van der Waals surface area contributed by atoms with Crippen molar-refractivity contribution in [1.82, 2.24) is 19.7 Å². The molecule has 2 aromatic rings. The number of thiophene rings is 1. The van der Waals surface area contributed by atoms with E-state index in [-0.39, 0.29) is 17.6 Å². The number of hydrogen-bond donors (Lipinski definition) is 1. The van der Waals surface area contributed by atoms with Gasteiger partial charge in [0.25, 0.3) is 0 Å². The van der Waals surface area contributed by atoms with Crippen molar-refractivity contribution in [2.75, 3.05) is 12.3 Å². The molecule has 2 heterocycles. The van der Waals surface area contributed by atoms with Crippen LogP contribution < -0.4 is 11.0 Å². The van der Waals surface area contributed by atoms with Crippen LogP contribution in [0.2, 0.25) is 0 Å². The first-order valence-corrected chi connectivity index (χ1v) is 11.3. The molecule has 2 saturated carbocycles. The van der Waals surface area contributed by atoms with E-state index in [9.17, 15) is 9.59 Å². The van der Waals surface area contributed by atoms with E-state index in [1.54, 1.807) is 23.1 Å². The van der Waals surface area contributed by atoms with Gasteiger partial charge in [-0.05, 0) is 37.1 Å². The number of amides is 1. The van der Waals surface area contributed by atoms with Crippen LogP contribution in [0.1, 0.15) is 44.6 Å². The van der Waals surface area contributed by atoms with Gasteiger partial charge in [0.05, 0.1) is 17.2 Å². The summed E-state index contributed by atoms with van der Waals surface area (Å²) in [5.74, 6) is 1.32. The van der Waals surface area contributed by atoms with Crippen LogP contribution in [0.4, 0.5) is 0 Å². The lowest BCUT2D eigenvalue weighted by atomic mass is 10.4. The third-order valence-electron chi connectivity index (χ3n) is 4.92. The molecular weight excluding hydrogens is 368 g/mol. The monoisotopic (exact) mass is 392 g/mol. The predicted molar refractivity (Wildman–Crippen MR) is 106 cm³/mol. The lowest BCUT2D eigenvalue weighted by molar-refractivity contribution is -0.118. The maximum Gasteiger partial charge on any atom is 0.346 e. The summed E-state index contributed by atoms with van der Waals surface area (Å²) < 4.78 is 3.32. The number of carbonyl (C=O) groups excluding carboxylic acids is 1. The Morgan fingerprint density at radius 1 is 1.31 bits per heavy atom. The Balaban J connectivity index is 1.34. The second-order valence-electron chi connectivity index (χ2n) is 6.98. The Morgan fingerprint density at radius 2 is 2.12 bits per heavy atom. The highest BCUT2D eigenvalue weighted by molar-refractivity contribution is 8.00. The molecular formula is C18H24N4O2S2. The van der Waals surface area contributed by atoms with Crippen molar-refractivity contribution < 1.29 is 4.79 Å². The predicted octanol–water partition coefficient (Wildman–Crippen LogP) is 2.90. The van der Waals surface area contributed by atoms with E-state index in [4.69, 9.17) is 0 Å². The molecule has 0 spiro atoms. The summed E-state index contributed by atoms with van der Waals surface area (Å²) in [6.45, 7) is 0.853. The van der Waals surface area contributed by atoms with Crippen LogP contribution >= 0.6 is 23.1 Å². The largest absolute Gasteiger partial charge is 0.354 e. The second-order valence-corrected chi connectivity index (χ2v) is 9.21. The molecule has 26 heavy (non-hydrogen) atoms. The Bertz CT molecular complexity index is 802. The Morgan fingerprint density at radius 3 is 2.81 bits per heavy atom. The molecule has 6 nitrogen and oxygen atoms in total. The average Bonchev–Trinajstić information content (AvgIpc) is 3.07. The highest BCUT2D eigenvalue weighted by Gasteiger charge is 2.30. The van der Waals surface area contributed by atoms with E-state index in [0.29, 0.717) is 24.1 Å². The molecule has 0 radical (unpaired) electrons. The number of carbonyl (C=O) groups is 1. The standard InChI is InChI=1S/C18H24N4O2S2/c23-16(12-26-14-4-1-2-5-14)19-9-10-21-18(24)22(13-7-8-13)17(20-21)15-6-3-11-25-15/h3,6,11,13-14H,1-2,4-5,7-10,12H2,(H,19,23). The summed E-state index contributed by atoms with van der Waals surface area (Å²) in [7, 11) is 0. The molecule has 1 N–H and O–H groups in total. The summed E-state index contributed by atoms with van der Waals surface area (Å²) in [5.41, 5.74) is -0.0644. The Hall–Kier alpha value is -1.54. The minimum atomic E-state index is -0.0644. The minimum Gasteiger partial charge on any atom is -0.354 e. The van der Waals surface area contributed by atoms with Gasteiger partial charge in [-0.15, -0.1) is 28.2 Å². The van der Waals surface area contributed by atoms with Crippen LogP contribution in [0.15, 0.2) is 22.3 Å². The van der Waals surface area contributed by atoms with Crippen molar-refractivity contribution in [3.05, 3.63) is 28.0 Å². The summed E-state index contributed by atoms with van der Waals surface area (Å²) >= 11 is 3.36. The van der Waals surface area contributed by atoms with Gasteiger partial charge in [0.15, 0.2) is 5.82 Å². The van der Waals surface area contributed by atoms with E-state index >= 15 is 0 Å². The number of rotatable bonds is 8. The molecule has 2 fully saturated rings. The quantitative estimate of drug-likeness (QED) is 0.750. The molecule has 0 aromatic carbocycles. The van der Waals surface area contributed by atoms with Gasteiger partial charge < -0.3 is 5.32 Å². The van der Waals surface area contributed by atoms with Gasteiger partial charge in [0.1, 0.15) is 0 Å². The Kier molecular flexibility index (Phi) is 5.49.